The van der Waals surface area contributed by atoms with Crippen molar-refractivity contribution in [1.82, 2.24) is 14.8 Å². The molecule has 40 heavy (non-hydrogen) atoms. The lowest BCUT2D eigenvalue weighted by atomic mass is 10.0. The van der Waals surface area contributed by atoms with Gasteiger partial charge in [0.1, 0.15) is 22.9 Å². The van der Waals surface area contributed by atoms with Gasteiger partial charge in [-0.25, -0.2) is 4.79 Å². The van der Waals surface area contributed by atoms with Crippen LogP contribution in [-0.4, -0.2) is 39.5 Å². The number of alkyl halides is 3. The molecule has 0 aliphatic rings. The topological polar surface area (TPSA) is 95.3 Å². The van der Waals surface area contributed by atoms with E-state index in [4.69, 9.17) is 9.47 Å². The zero-order valence-corrected chi connectivity index (χ0v) is 22.7. The molecule has 0 unspecified atom stereocenters. The number of benzene rings is 2. The fourth-order valence-electron chi connectivity index (χ4n) is 3.63. The van der Waals surface area contributed by atoms with E-state index in [1.54, 1.807) is 16.0 Å². The highest BCUT2D eigenvalue weighted by atomic mass is 32.2. The van der Waals surface area contributed by atoms with Crippen LogP contribution in [-0.2, 0) is 28.9 Å². The average Bonchev–Trinajstić information content (AvgIpc) is 3.54. The molecule has 8 nitrogen and oxygen atoms in total. The number of aromatic nitrogens is 3. The Morgan fingerprint density at radius 1 is 1.15 bits per heavy atom. The molecular formula is C27H23F3N4O4S2. The zero-order valence-electron chi connectivity index (χ0n) is 21.1. The van der Waals surface area contributed by atoms with Gasteiger partial charge in [0.2, 0.25) is 5.91 Å². The van der Waals surface area contributed by atoms with Gasteiger partial charge in [-0.3, -0.25) is 9.36 Å². The lowest BCUT2D eigenvalue weighted by Gasteiger charge is -2.11. The first-order chi connectivity index (χ1) is 19.2. The van der Waals surface area contributed by atoms with E-state index >= 15 is 0 Å². The first kappa shape index (κ1) is 28.9. The van der Waals surface area contributed by atoms with E-state index in [0.717, 1.165) is 29.5 Å². The number of allylic oxidation sites excluding steroid dienone is 1. The largest absolute Gasteiger partial charge is 0.486 e. The fraction of sp³-hybridized carbons (Fsp3) is 0.185. The Labute approximate surface area is 235 Å². The summed E-state index contributed by atoms with van der Waals surface area (Å²) < 4.78 is 51.1. The van der Waals surface area contributed by atoms with Gasteiger partial charge in [0.05, 0.1) is 18.4 Å². The number of anilines is 1. The molecule has 4 aromatic rings. The Morgan fingerprint density at radius 2 is 1.93 bits per heavy atom. The molecule has 2 heterocycles. The van der Waals surface area contributed by atoms with Gasteiger partial charge in [-0.2, -0.15) is 13.2 Å². The van der Waals surface area contributed by atoms with Crippen molar-refractivity contribution in [1.29, 1.82) is 0 Å². The first-order valence-corrected chi connectivity index (χ1v) is 13.6. The maximum Gasteiger partial charge on any atom is 0.416 e. The van der Waals surface area contributed by atoms with Crippen LogP contribution in [0, 0.1) is 0 Å². The van der Waals surface area contributed by atoms with Crippen molar-refractivity contribution < 1.29 is 32.2 Å². The average molecular weight is 589 g/mol. The number of ether oxygens (including phenoxy) is 2. The van der Waals surface area contributed by atoms with Crippen LogP contribution in [0.3, 0.4) is 0 Å². The summed E-state index contributed by atoms with van der Waals surface area (Å²) >= 11 is 2.31. The second-order valence-corrected chi connectivity index (χ2v) is 9.98. The Morgan fingerprint density at radius 3 is 2.62 bits per heavy atom. The smallest absolute Gasteiger partial charge is 0.416 e. The van der Waals surface area contributed by atoms with Gasteiger partial charge in [0, 0.05) is 17.5 Å². The minimum absolute atomic E-state index is 0.0313. The molecule has 2 aromatic carbocycles. The molecule has 0 radical (unpaired) electrons. The summed E-state index contributed by atoms with van der Waals surface area (Å²) in [5.41, 5.74) is 0.903. The van der Waals surface area contributed by atoms with E-state index in [9.17, 15) is 22.8 Å². The molecule has 0 fully saturated rings. The number of carbonyl (C=O) groups is 2. The summed E-state index contributed by atoms with van der Waals surface area (Å²) in [6.07, 6.45) is -2.89. The number of hydrogen-bond acceptors (Lipinski definition) is 8. The zero-order chi connectivity index (χ0) is 28.7. The van der Waals surface area contributed by atoms with Gasteiger partial charge in [-0.05, 0) is 23.8 Å². The standard InChI is InChI=1S/C27H23F3N4O4S2/c1-3-12-34-21(14-38-19-11-7-10-18(13-19)27(28,29)30)32-33-26(34)40-16-22(35)31-24-23(25(36)37-2)20(15-39-24)17-8-5-4-6-9-17/h3-11,13,15H,1,12,14,16H2,2H3,(H,31,35). The third-order valence-corrected chi connectivity index (χ3v) is 7.35. The Bertz CT molecular complexity index is 1500. The van der Waals surface area contributed by atoms with Crippen LogP contribution in [0.4, 0.5) is 18.2 Å². The first-order valence-electron chi connectivity index (χ1n) is 11.7. The van der Waals surface area contributed by atoms with Crippen LogP contribution in [0.5, 0.6) is 5.75 Å². The number of hydrogen-bond donors (Lipinski definition) is 1. The van der Waals surface area contributed by atoms with Gasteiger partial charge in [0.15, 0.2) is 11.0 Å². The molecule has 1 amide bonds. The van der Waals surface area contributed by atoms with Crippen LogP contribution >= 0.6 is 23.1 Å². The van der Waals surface area contributed by atoms with Crippen molar-refractivity contribution in [2.24, 2.45) is 0 Å². The van der Waals surface area contributed by atoms with Gasteiger partial charge in [0.25, 0.3) is 0 Å². The normalized spacial score (nSPS) is 11.2. The molecule has 0 bridgehead atoms. The number of methoxy groups -OCH3 is 1. The molecule has 0 atom stereocenters. The number of esters is 1. The second-order valence-electron chi connectivity index (χ2n) is 8.16. The molecule has 208 valence electrons. The van der Waals surface area contributed by atoms with Crippen molar-refractivity contribution in [3.63, 3.8) is 0 Å². The summed E-state index contributed by atoms with van der Waals surface area (Å²) in [5.74, 6) is -0.628. The van der Waals surface area contributed by atoms with Gasteiger partial charge >= 0.3 is 12.1 Å². The maximum absolute atomic E-state index is 13.0. The van der Waals surface area contributed by atoms with E-state index in [1.165, 1.54) is 30.6 Å². The summed E-state index contributed by atoms with van der Waals surface area (Å²) in [5, 5.41) is 13.5. The molecule has 0 saturated carbocycles. The maximum atomic E-state index is 13.0. The second kappa shape index (κ2) is 12.8. The lowest BCUT2D eigenvalue weighted by molar-refractivity contribution is -0.137. The summed E-state index contributed by atoms with van der Waals surface area (Å²) in [7, 11) is 1.27. The highest BCUT2D eigenvalue weighted by Crippen LogP contribution is 2.36. The van der Waals surface area contributed by atoms with Crippen LogP contribution in [0.2, 0.25) is 0 Å². The molecule has 0 aliphatic heterocycles. The van der Waals surface area contributed by atoms with Crippen molar-refractivity contribution in [2.45, 2.75) is 24.5 Å². The highest BCUT2D eigenvalue weighted by Gasteiger charge is 2.30. The van der Waals surface area contributed by atoms with E-state index in [2.05, 4.69) is 22.1 Å². The van der Waals surface area contributed by atoms with Crippen LogP contribution in [0.25, 0.3) is 11.1 Å². The Hall–Kier alpha value is -4.10. The number of rotatable bonds is 11. The third kappa shape index (κ3) is 6.90. The molecule has 0 aliphatic carbocycles. The van der Waals surface area contributed by atoms with Crippen LogP contribution in [0.15, 0.2) is 77.8 Å². The molecule has 1 N–H and O–H groups in total. The molecular weight excluding hydrogens is 565 g/mol. The number of nitrogens with zero attached hydrogens (tertiary/aromatic N) is 3. The monoisotopic (exact) mass is 588 g/mol. The van der Waals surface area contributed by atoms with Crippen LogP contribution in [0.1, 0.15) is 21.7 Å². The molecule has 13 heteroatoms. The number of thiophene rings is 1. The predicted octanol–water partition coefficient (Wildman–Crippen LogP) is 6.31. The Kier molecular flexibility index (Phi) is 9.27. The number of amides is 1. The van der Waals surface area contributed by atoms with E-state index < -0.39 is 17.7 Å². The molecule has 0 saturated heterocycles. The van der Waals surface area contributed by atoms with Gasteiger partial charge < -0.3 is 14.8 Å². The van der Waals surface area contributed by atoms with Gasteiger partial charge in [-0.1, -0.05) is 54.2 Å². The van der Waals surface area contributed by atoms with Gasteiger partial charge in [-0.15, -0.1) is 28.1 Å². The Balaban J connectivity index is 1.44. The SMILES string of the molecule is C=CCn1c(COc2cccc(C(F)(F)F)c2)nnc1SCC(=O)Nc1scc(-c2ccccc2)c1C(=O)OC. The predicted molar refractivity (Wildman–Crippen MR) is 146 cm³/mol. The highest BCUT2D eigenvalue weighted by molar-refractivity contribution is 7.99. The van der Waals surface area contributed by atoms with E-state index in [-0.39, 0.29) is 36.1 Å². The quantitative estimate of drug-likeness (QED) is 0.125. The fourth-order valence-corrected chi connectivity index (χ4v) is 5.37. The van der Waals surface area contributed by atoms with Crippen molar-refractivity contribution in [2.75, 3.05) is 18.2 Å². The summed E-state index contributed by atoms with van der Waals surface area (Å²) in [6, 6.07) is 13.8. The van der Waals surface area contributed by atoms with E-state index in [0.29, 0.717) is 21.5 Å². The minimum atomic E-state index is -4.49. The summed E-state index contributed by atoms with van der Waals surface area (Å²) in [4.78, 5) is 25.4. The lowest BCUT2D eigenvalue weighted by Crippen LogP contribution is -2.16. The molecule has 4 rings (SSSR count). The molecule has 2 aromatic heterocycles. The molecule has 0 spiro atoms. The van der Waals surface area contributed by atoms with E-state index in [1.807, 2.05) is 30.3 Å². The third-order valence-electron chi connectivity index (χ3n) is 5.49. The van der Waals surface area contributed by atoms with Crippen molar-refractivity contribution in [3.05, 3.63) is 89.6 Å². The number of carbonyl (C=O) groups excluding carboxylic acids is 2. The number of nitrogens with one attached hydrogen (secondary N) is 1. The van der Waals surface area contributed by atoms with Crippen LogP contribution < -0.4 is 10.1 Å². The minimum Gasteiger partial charge on any atom is -0.486 e. The summed E-state index contributed by atoms with van der Waals surface area (Å²) in [6.45, 7) is 3.86. The number of thioether (sulfide) groups is 1. The number of halogens is 3. The van der Waals surface area contributed by atoms with Crippen molar-refractivity contribution >= 4 is 40.0 Å². The van der Waals surface area contributed by atoms with Crippen molar-refractivity contribution in [3.8, 4) is 16.9 Å².